The molecule has 1 fully saturated rings. The van der Waals surface area contributed by atoms with Gasteiger partial charge < -0.3 is 16.0 Å². The van der Waals surface area contributed by atoms with Crippen LogP contribution in [0.25, 0.3) is 0 Å². The van der Waals surface area contributed by atoms with Crippen LogP contribution in [-0.2, 0) is 4.79 Å². The van der Waals surface area contributed by atoms with Gasteiger partial charge in [0, 0.05) is 25.6 Å². The van der Waals surface area contributed by atoms with Crippen LogP contribution >= 0.6 is 24.0 Å². The van der Waals surface area contributed by atoms with Crippen LogP contribution in [0.15, 0.2) is 4.99 Å². The first-order valence-corrected chi connectivity index (χ1v) is 6.83. The molecule has 0 aliphatic carbocycles. The minimum absolute atomic E-state index is 0. The van der Waals surface area contributed by atoms with Crippen molar-refractivity contribution in [3.8, 4) is 0 Å². The molecular formula is C13H27IN4O. The predicted octanol–water partition coefficient (Wildman–Crippen LogP) is 1.42. The highest BCUT2D eigenvalue weighted by atomic mass is 127. The molecule has 0 radical (unpaired) electrons. The van der Waals surface area contributed by atoms with Gasteiger partial charge in [0.25, 0.3) is 0 Å². The van der Waals surface area contributed by atoms with Crippen LogP contribution < -0.4 is 11.1 Å². The summed E-state index contributed by atoms with van der Waals surface area (Å²) in [5.74, 6) is 1.39. The molecule has 1 amide bonds. The molecule has 0 bridgehead atoms. The van der Waals surface area contributed by atoms with Gasteiger partial charge in [0.2, 0.25) is 5.91 Å². The zero-order valence-corrected chi connectivity index (χ0v) is 14.5. The topological polar surface area (TPSA) is 70.7 Å². The van der Waals surface area contributed by atoms with E-state index in [1.165, 1.54) is 12.8 Å². The molecule has 3 N–H and O–H groups in total. The van der Waals surface area contributed by atoms with Crippen molar-refractivity contribution in [1.82, 2.24) is 10.2 Å². The zero-order chi connectivity index (χ0) is 13.5. The minimum atomic E-state index is 0. The number of guanidine groups is 1. The Hall–Kier alpha value is -0.530. The zero-order valence-electron chi connectivity index (χ0n) is 12.2. The summed E-state index contributed by atoms with van der Waals surface area (Å²) in [6.45, 7) is 9.09. The summed E-state index contributed by atoms with van der Waals surface area (Å²) in [7, 11) is 0. The van der Waals surface area contributed by atoms with Crippen molar-refractivity contribution in [2.75, 3.05) is 26.2 Å². The number of nitrogens with two attached hydrogens (primary N) is 1. The maximum absolute atomic E-state index is 11.3. The summed E-state index contributed by atoms with van der Waals surface area (Å²) >= 11 is 0. The number of likely N-dealkylation sites (tertiary alicyclic amines) is 1. The summed E-state index contributed by atoms with van der Waals surface area (Å²) in [5.41, 5.74) is 5.95. The van der Waals surface area contributed by atoms with Crippen molar-refractivity contribution in [3.63, 3.8) is 0 Å². The molecule has 1 saturated heterocycles. The number of aliphatic imine (C=N–C) groups is 1. The van der Waals surface area contributed by atoms with E-state index in [-0.39, 0.29) is 35.8 Å². The first-order chi connectivity index (χ1) is 8.50. The van der Waals surface area contributed by atoms with Gasteiger partial charge in [0.15, 0.2) is 5.96 Å². The first-order valence-electron chi connectivity index (χ1n) is 6.83. The number of halogens is 1. The molecule has 0 aromatic rings. The van der Waals surface area contributed by atoms with Crippen LogP contribution in [0.2, 0.25) is 0 Å². The van der Waals surface area contributed by atoms with Gasteiger partial charge in [-0.3, -0.25) is 9.79 Å². The van der Waals surface area contributed by atoms with Crippen LogP contribution in [-0.4, -0.2) is 42.9 Å². The van der Waals surface area contributed by atoms with Crippen molar-refractivity contribution >= 4 is 35.8 Å². The van der Waals surface area contributed by atoms with Crippen LogP contribution in [0.4, 0.5) is 0 Å². The van der Waals surface area contributed by atoms with E-state index in [0.29, 0.717) is 25.0 Å². The molecule has 112 valence electrons. The van der Waals surface area contributed by atoms with Gasteiger partial charge in [0.1, 0.15) is 0 Å². The highest BCUT2D eigenvalue weighted by Crippen LogP contribution is 2.14. The largest absolute Gasteiger partial charge is 0.370 e. The fourth-order valence-corrected chi connectivity index (χ4v) is 2.05. The number of carbonyl (C=O) groups is 1. The van der Waals surface area contributed by atoms with Crippen molar-refractivity contribution < 1.29 is 4.79 Å². The Morgan fingerprint density at radius 1 is 1.53 bits per heavy atom. The third-order valence-corrected chi connectivity index (χ3v) is 3.19. The van der Waals surface area contributed by atoms with Crippen molar-refractivity contribution in [3.05, 3.63) is 0 Å². The SMILES string of the molecule is CC1CCCN(C(N)=NCCNC(=O)C(C)C)C1.I. The Bertz CT molecular complexity index is 307. The Labute approximate surface area is 133 Å². The number of hydrogen-bond donors (Lipinski definition) is 2. The van der Waals surface area contributed by atoms with Gasteiger partial charge >= 0.3 is 0 Å². The highest BCUT2D eigenvalue weighted by Gasteiger charge is 2.17. The molecule has 0 aromatic heterocycles. The highest BCUT2D eigenvalue weighted by molar-refractivity contribution is 14.0. The van der Waals surface area contributed by atoms with E-state index in [1.54, 1.807) is 0 Å². The summed E-state index contributed by atoms with van der Waals surface area (Å²) in [6.07, 6.45) is 2.45. The fraction of sp³-hybridized carbons (Fsp3) is 0.846. The molecule has 1 aliphatic rings. The average Bonchev–Trinajstić information content (AvgIpc) is 2.33. The van der Waals surface area contributed by atoms with Crippen molar-refractivity contribution in [2.24, 2.45) is 22.6 Å². The number of carbonyl (C=O) groups excluding carboxylic acids is 1. The molecule has 6 heteroatoms. The number of hydrogen-bond acceptors (Lipinski definition) is 2. The predicted molar refractivity (Wildman–Crippen MR) is 89.7 cm³/mol. The number of nitrogens with zero attached hydrogens (tertiary/aromatic N) is 2. The maximum atomic E-state index is 11.3. The van der Waals surface area contributed by atoms with E-state index in [1.807, 2.05) is 13.8 Å². The van der Waals surface area contributed by atoms with Crippen LogP contribution in [0, 0.1) is 11.8 Å². The van der Waals surface area contributed by atoms with E-state index in [0.717, 1.165) is 13.1 Å². The second-order valence-corrected chi connectivity index (χ2v) is 5.38. The normalized spacial score (nSPS) is 20.1. The van der Waals surface area contributed by atoms with E-state index in [9.17, 15) is 4.79 Å². The molecule has 1 heterocycles. The van der Waals surface area contributed by atoms with E-state index >= 15 is 0 Å². The standard InChI is InChI=1S/C13H26N4O.HI/c1-10(2)12(18)15-6-7-16-13(14)17-8-4-5-11(3)9-17;/h10-11H,4-9H2,1-3H3,(H2,14,16)(H,15,18);1H. The van der Waals surface area contributed by atoms with Crippen LogP contribution in [0.3, 0.4) is 0 Å². The molecule has 19 heavy (non-hydrogen) atoms. The van der Waals surface area contributed by atoms with Gasteiger partial charge in [-0.15, -0.1) is 24.0 Å². The first kappa shape index (κ1) is 18.5. The lowest BCUT2D eigenvalue weighted by atomic mass is 10.0. The summed E-state index contributed by atoms with van der Waals surface area (Å²) in [4.78, 5) is 17.8. The minimum Gasteiger partial charge on any atom is -0.370 e. The summed E-state index contributed by atoms with van der Waals surface area (Å²) < 4.78 is 0. The van der Waals surface area contributed by atoms with E-state index < -0.39 is 0 Å². The lowest BCUT2D eigenvalue weighted by Crippen LogP contribution is -2.43. The van der Waals surface area contributed by atoms with Gasteiger partial charge in [0.05, 0.1) is 6.54 Å². The molecule has 5 nitrogen and oxygen atoms in total. The molecule has 1 rings (SSSR count). The Balaban J connectivity index is 0.00000324. The quantitative estimate of drug-likeness (QED) is 0.335. The maximum Gasteiger partial charge on any atom is 0.222 e. The smallest absolute Gasteiger partial charge is 0.222 e. The van der Waals surface area contributed by atoms with Gasteiger partial charge in [-0.2, -0.15) is 0 Å². The fourth-order valence-electron chi connectivity index (χ4n) is 2.05. The van der Waals surface area contributed by atoms with Crippen molar-refractivity contribution in [1.29, 1.82) is 0 Å². The van der Waals surface area contributed by atoms with Gasteiger partial charge in [-0.05, 0) is 18.8 Å². The van der Waals surface area contributed by atoms with E-state index in [2.05, 4.69) is 22.1 Å². The monoisotopic (exact) mass is 382 g/mol. The molecule has 1 unspecified atom stereocenters. The second-order valence-electron chi connectivity index (χ2n) is 5.38. The lowest BCUT2D eigenvalue weighted by Gasteiger charge is -2.31. The summed E-state index contributed by atoms with van der Waals surface area (Å²) in [6, 6.07) is 0. The number of nitrogens with one attached hydrogen (secondary N) is 1. The third-order valence-electron chi connectivity index (χ3n) is 3.19. The molecule has 1 atom stereocenters. The number of piperidine rings is 1. The lowest BCUT2D eigenvalue weighted by molar-refractivity contribution is -0.123. The number of rotatable bonds is 4. The molecule has 0 saturated carbocycles. The second kappa shape index (κ2) is 9.39. The Morgan fingerprint density at radius 3 is 2.79 bits per heavy atom. The molecule has 1 aliphatic heterocycles. The van der Waals surface area contributed by atoms with E-state index in [4.69, 9.17) is 5.73 Å². The third kappa shape index (κ3) is 6.98. The Morgan fingerprint density at radius 2 is 2.21 bits per heavy atom. The van der Waals surface area contributed by atoms with Crippen LogP contribution in [0.1, 0.15) is 33.6 Å². The summed E-state index contributed by atoms with van der Waals surface area (Å²) in [5, 5.41) is 2.83. The van der Waals surface area contributed by atoms with Gasteiger partial charge in [-0.1, -0.05) is 20.8 Å². The van der Waals surface area contributed by atoms with Gasteiger partial charge in [-0.25, -0.2) is 0 Å². The average molecular weight is 382 g/mol. The Kier molecular flexibility index (Phi) is 9.12. The van der Waals surface area contributed by atoms with Crippen molar-refractivity contribution in [2.45, 2.75) is 33.6 Å². The molecule has 0 aromatic carbocycles. The van der Waals surface area contributed by atoms with Crippen LogP contribution in [0.5, 0.6) is 0 Å². The molecule has 0 spiro atoms. The number of amides is 1. The molecular weight excluding hydrogens is 355 g/mol.